The molecule has 0 saturated carbocycles. The normalized spacial score (nSPS) is 12.7. The fraction of sp³-hybridized carbons (Fsp3) is 0.160. The Morgan fingerprint density at radius 1 is 0.472 bits per heavy atom. The van der Waals surface area contributed by atoms with Gasteiger partial charge in [0.05, 0.1) is 16.6 Å². The minimum atomic E-state index is -0.0360. The van der Waals surface area contributed by atoms with Crippen LogP contribution in [0.5, 0.6) is 0 Å². The van der Waals surface area contributed by atoms with Crippen molar-refractivity contribution in [3.8, 4) is 27.9 Å². The van der Waals surface area contributed by atoms with E-state index in [0.717, 1.165) is 0 Å². The Labute approximate surface area is 314 Å². The molecule has 0 atom stereocenters. The van der Waals surface area contributed by atoms with Gasteiger partial charge in [0.2, 0.25) is 0 Å². The van der Waals surface area contributed by atoms with Crippen LogP contribution < -0.4 is 0 Å². The average molecular weight is 703 g/mol. The summed E-state index contributed by atoms with van der Waals surface area (Å²) >= 11 is 1.91. The lowest BCUT2D eigenvalue weighted by Crippen LogP contribution is -2.11. The number of hydrogen-bond acceptors (Lipinski definition) is 1. The Hall–Kier alpha value is -5.64. The third-order valence-electron chi connectivity index (χ3n) is 11.2. The Balaban J connectivity index is 1.34. The van der Waals surface area contributed by atoms with Crippen LogP contribution in [-0.2, 0) is 10.8 Å². The van der Waals surface area contributed by atoms with Crippen LogP contribution in [0.3, 0.4) is 0 Å². The molecule has 258 valence electrons. The van der Waals surface area contributed by atoms with E-state index in [1.165, 1.54) is 103 Å². The van der Waals surface area contributed by atoms with Crippen LogP contribution in [0.4, 0.5) is 0 Å². The minimum Gasteiger partial charge on any atom is -0.354 e. The molecule has 0 aliphatic rings. The van der Waals surface area contributed by atoms with Crippen LogP contribution in [0.25, 0.3) is 91.7 Å². The van der Waals surface area contributed by atoms with Gasteiger partial charge in [0.15, 0.2) is 0 Å². The van der Waals surface area contributed by atoms with Crippen molar-refractivity contribution in [1.29, 1.82) is 0 Å². The molecule has 0 spiro atoms. The highest BCUT2D eigenvalue weighted by Crippen LogP contribution is 2.47. The molecule has 0 aliphatic carbocycles. The maximum absolute atomic E-state index is 3.94. The fourth-order valence-electron chi connectivity index (χ4n) is 8.31. The summed E-state index contributed by atoms with van der Waals surface area (Å²) in [6, 6.07) is 52.3. The molecule has 0 aliphatic heterocycles. The summed E-state index contributed by atoms with van der Waals surface area (Å²) in [7, 11) is 0. The van der Waals surface area contributed by atoms with Gasteiger partial charge in [-0.3, -0.25) is 0 Å². The third kappa shape index (κ3) is 5.05. The molecule has 10 aromatic rings. The number of nitrogens with one attached hydrogen (secondary N) is 1. The monoisotopic (exact) mass is 702 g/mol. The van der Waals surface area contributed by atoms with Crippen molar-refractivity contribution < 1.29 is 0 Å². The van der Waals surface area contributed by atoms with Gasteiger partial charge in [-0.05, 0) is 87.7 Å². The summed E-state index contributed by atoms with van der Waals surface area (Å²) in [5.41, 5.74) is 13.7. The van der Waals surface area contributed by atoms with E-state index >= 15 is 0 Å². The van der Waals surface area contributed by atoms with Crippen molar-refractivity contribution in [3.05, 3.63) is 151 Å². The van der Waals surface area contributed by atoms with Crippen molar-refractivity contribution in [2.24, 2.45) is 0 Å². The third-order valence-corrected chi connectivity index (χ3v) is 12.5. The summed E-state index contributed by atoms with van der Waals surface area (Å²) in [4.78, 5) is 3.94. The molecule has 3 heterocycles. The molecule has 7 aromatic carbocycles. The zero-order valence-corrected chi connectivity index (χ0v) is 32.0. The molecular formula is C50H42N2S. The number of thiophene rings is 1. The Bertz CT molecular complexity index is 3060. The molecule has 0 saturated heterocycles. The molecule has 0 fully saturated rings. The zero-order chi connectivity index (χ0) is 36.2. The number of aromatic nitrogens is 2. The lowest BCUT2D eigenvalue weighted by atomic mass is 9.83. The van der Waals surface area contributed by atoms with Crippen molar-refractivity contribution in [2.75, 3.05) is 0 Å². The van der Waals surface area contributed by atoms with Gasteiger partial charge in [0, 0.05) is 64.0 Å². The Morgan fingerprint density at radius 3 is 1.96 bits per heavy atom. The predicted molar refractivity (Wildman–Crippen MR) is 231 cm³/mol. The maximum Gasteiger partial charge on any atom is 0.0547 e. The van der Waals surface area contributed by atoms with Crippen molar-refractivity contribution in [3.63, 3.8) is 0 Å². The Kier molecular flexibility index (Phi) is 6.91. The highest BCUT2D eigenvalue weighted by atomic mass is 32.1. The van der Waals surface area contributed by atoms with E-state index in [2.05, 4.69) is 191 Å². The van der Waals surface area contributed by atoms with E-state index in [0.29, 0.717) is 0 Å². The standard InChI is InChI=1S/C50H42N2S/c1-49(2,3)32-21-23-43-38(25-32)39-26-33(50(4,5)6)27-40(47(39)51-43)42-29-34(28-41-37-17-11-13-19-46(37)53-48(41)42)52-44-18-12-10-16-35(44)36-22-20-31(24-45(36)52)30-14-8-7-9-15-30/h7-29,51H,1-6H3. The Morgan fingerprint density at radius 2 is 1.17 bits per heavy atom. The number of aromatic amines is 1. The van der Waals surface area contributed by atoms with Gasteiger partial charge < -0.3 is 9.55 Å². The van der Waals surface area contributed by atoms with Crippen LogP contribution in [0, 0.1) is 0 Å². The van der Waals surface area contributed by atoms with Gasteiger partial charge in [-0.15, -0.1) is 11.3 Å². The summed E-state index contributed by atoms with van der Waals surface area (Å²) < 4.78 is 5.13. The summed E-state index contributed by atoms with van der Waals surface area (Å²) in [5, 5.41) is 7.71. The van der Waals surface area contributed by atoms with E-state index in [1.807, 2.05) is 11.3 Å². The summed E-state index contributed by atoms with van der Waals surface area (Å²) in [5.74, 6) is 0. The number of fused-ring (bicyclic) bond motifs is 9. The largest absolute Gasteiger partial charge is 0.354 e. The second-order valence-electron chi connectivity index (χ2n) is 16.8. The van der Waals surface area contributed by atoms with Gasteiger partial charge >= 0.3 is 0 Å². The van der Waals surface area contributed by atoms with Crippen molar-refractivity contribution in [2.45, 2.75) is 52.4 Å². The number of hydrogen-bond donors (Lipinski definition) is 1. The summed E-state index contributed by atoms with van der Waals surface area (Å²) in [6.45, 7) is 13.9. The zero-order valence-electron chi connectivity index (χ0n) is 31.1. The van der Waals surface area contributed by atoms with Gasteiger partial charge in [-0.1, -0.05) is 126 Å². The smallest absolute Gasteiger partial charge is 0.0547 e. The van der Waals surface area contributed by atoms with E-state index in [-0.39, 0.29) is 10.8 Å². The quantitative estimate of drug-likeness (QED) is 0.189. The number of nitrogens with zero attached hydrogens (tertiary/aromatic N) is 1. The molecule has 10 rings (SSSR count). The van der Waals surface area contributed by atoms with Crippen molar-refractivity contribution in [1.82, 2.24) is 9.55 Å². The molecule has 3 heteroatoms. The fourth-order valence-corrected chi connectivity index (χ4v) is 9.52. The summed E-state index contributed by atoms with van der Waals surface area (Å²) in [6.07, 6.45) is 0. The predicted octanol–water partition coefficient (Wildman–Crippen LogP) is 14.7. The first-order chi connectivity index (χ1) is 25.5. The van der Waals surface area contributed by atoms with Crippen LogP contribution >= 0.6 is 11.3 Å². The molecule has 0 amide bonds. The first-order valence-electron chi connectivity index (χ1n) is 18.7. The van der Waals surface area contributed by atoms with Crippen molar-refractivity contribution >= 4 is 75.1 Å². The van der Waals surface area contributed by atoms with Crippen LogP contribution in [0.2, 0.25) is 0 Å². The molecular weight excluding hydrogens is 661 g/mol. The molecule has 0 unspecified atom stereocenters. The lowest BCUT2D eigenvalue weighted by Gasteiger charge is -2.22. The molecule has 3 aromatic heterocycles. The van der Waals surface area contributed by atoms with Gasteiger partial charge in [0.25, 0.3) is 0 Å². The lowest BCUT2D eigenvalue weighted by molar-refractivity contribution is 0.590. The number of rotatable bonds is 3. The highest BCUT2D eigenvalue weighted by molar-refractivity contribution is 7.26. The van der Waals surface area contributed by atoms with Crippen LogP contribution in [0.1, 0.15) is 52.7 Å². The second-order valence-corrected chi connectivity index (χ2v) is 17.8. The molecule has 1 N–H and O–H groups in total. The number of para-hydroxylation sites is 1. The SMILES string of the molecule is CC(C)(C)c1ccc2[nH]c3c(-c4cc(-n5c6ccccc6c6ccc(-c7ccccc7)cc65)cc5c4sc4ccccc45)cc(C(C)(C)C)cc3c2c1. The maximum atomic E-state index is 3.94. The topological polar surface area (TPSA) is 20.7 Å². The van der Waals surface area contributed by atoms with Gasteiger partial charge in [-0.2, -0.15) is 0 Å². The first-order valence-corrected chi connectivity index (χ1v) is 19.5. The highest BCUT2D eigenvalue weighted by Gasteiger charge is 2.24. The molecule has 2 nitrogen and oxygen atoms in total. The van der Waals surface area contributed by atoms with Gasteiger partial charge in [-0.25, -0.2) is 0 Å². The number of benzene rings is 7. The minimum absolute atomic E-state index is 0.0360. The van der Waals surface area contributed by atoms with Gasteiger partial charge in [0.1, 0.15) is 0 Å². The second kappa shape index (κ2) is 11.4. The molecule has 53 heavy (non-hydrogen) atoms. The average Bonchev–Trinajstić information content (AvgIpc) is 3.83. The molecule has 0 bridgehead atoms. The van der Waals surface area contributed by atoms with E-state index < -0.39 is 0 Å². The first kappa shape index (κ1) is 32.0. The van der Waals surface area contributed by atoms with E-state index in [9.17, 15) is 0 Å². The number of H-pyrrole nitrogens is 1. The van der Waals surface area contributed by atoms with Crippen LogP contribution in [-0.4, -0.2) is 9.55 Å². The van der Waals surface area contributed by atoms with Crippen LogP contribution in [0.15, 0.2) is 140 Å². The van der Waals surface area contributed by atoms with E-state index in [4.69, 9.17) is 0 Å². The molecule has 0 radical (unpaired) electrons. The van der Waals surface area contributed by atoms with E-state index in [1.54, 1.807) is 0 Å².